The van der Waals surface area contributed by atoms with Gasteiger partial charge in [0.05, 0.1) is 24.8 Å². The highest BCUT2D eigenvalue weighted by Gasteiger charge is 2.24. The summed E-state index contributed by atoms with van der Waals surface area (Å²) in [6, 6.07) is 23.4. The van der Waals surface area contributed by atoms with Gasteiger partial charge in [-0.2, -0.15) is 0 Å². The van der Waals surface area contributed by atoms with Gasteiger partial charge in [-0.15, -0.1) is 0 Å². The highest BCUT2D eigenvalue weighted by molar-refractivity contribution is 5.91. The third-order valence-electron chi connectivity index (χ3n) is 4.89. The van der Waals surface area contributed by atoms with Gasteiger partial charge in [0.25, 0.3) is 0 Å². The summed E-state index contributed by atoms with van der Waals surface area (Å²) in [6.07, 6.45) is -3.77. The van der Waals surface area contributed by atoms with Gasteiger partial charge in [-0.3, -0.25) is 0 Å². The van der Waals surface area contributed by atoms with E-state index < -0.39 is 30.6 Å². The first-order chi connectivity index (χ1) is 16.5. The van der Waals surface area contributed by atoms with Crippen LogP contribution in [0.25, 0.3) is 0 Å². The second-order valence-corrected chi connectivity index (χ2v) is 7.25. The van der Waals surface area contributed by atoms with E-state index in [0.29, 0.717) is 11.1 Å². The minimum atomic E-state index is -1.55. The molecular formula is C26H26O8. The molecule has 34 heavy (non-hydrogen) atoms. The summed E-state index contributed by atoms with van der Waals surface area (Å²) in [5.41, 5.74) is 1.18. The Hall–Kier alpha value is -3.56. The van der Waals surface area contributed by atoms with Gasteiger partial charge < -0.3 is 29.2 Å². The van der Waals surface area contributed by atoms with Gasteiger partial charge in [-0.05, 0) is 18.2 Å². The van der Waals surface area contributed by atoms with Crippen LogP contribution >= 0.6 is 0 Å². The summed E-state index contributed by atoms with van der Waals surface area (Å²) >= 11 is 0. The van der Waals surface area contributed by atoms with Gasteiger partial charge in [-0.1, -0.05) is 66.7 Å². The molecule has 3 aromatic carbocycles. The first kappa shape index (κ1) is 25.1. The second-order valence-electron chi connectivity index (χ2n) is 7.25. The highest BCUT2D eigenvalue weighted by atomic mass is 16.7. The zero-order chi connectivity index (χ0) is 24.3. The summed E-state index contributed by atoms with van der Waals surface area (Å²) in [6.45, 7) is -0.484. The molecule has 8 nitrogen and oxygen atoms in total. The Bertz CT molecular complexity index is 1050. The zero-order valence-electron chi connectivity index (χ0n) is 18.6. The van der Waals surface area contributed by atoms with Crippen molar-refractivity contribution in [2.24, 2.45) is 0 Å². The number of benzene rings is 3. The largest absolute Gasteiger partial charge is 0.465 e. The smallest absolute Gasteiger partial charge is 0.338 e. The number of ether oxygens (including phenoxy) is 4. The molecule has 0 aliphatic carbocycles. The minimum absolute atomic E-state index is 0.128. The average molecular weight is 466 g/mol. The van der Waals surface area contributed by atoms with Gasteiger partial charge in [0.2, 0.25) is 0 Å². The SMILES string of the molecule is COC(=O)c1ccccc1C(O)OC(COC(=O)c1ccccc1)COC(O)c1ccccc1. The fraction of sp³-hybridized carbons (Fsp3) is 0.231. The lowest BCUT2D eigenvalue weighted by atomic mass is 10.1. The van der Waals surface area contributed by atoms with Crippen LogP contribution in [-0.2, 0) is 18.9 Å². The molecule has 0 aliphatic heterocycles. The predicted molar refractivity (Wildman–Crippen MR) is 122 cm³/mol. The first-order valence-corrected chi connectivity index (χ1v) is 10.6. The molecule has 3 rings (SSSR count). The highest BCUT2D eigenvalue weighted by Crippen LogP contribution is 2.23. The first-order valence-electron chi connectivity index (χ1n) is 10.6. The Morgan fingerprint density at radius 1 is 0.765 bits per heavy atom. The fourth-order valence-corrected chi connectivity index (χ4v) is 3.13. The zero-order valence-corrected chi connectivity index (χ0v) is 18.6. The molecule has 0 bridgehead atoms. The van der Waals surface area contributed by atoms with Crippen molar-refractivity contribution in [3.63, 3.8) is 0 Å². The molecule has 0 aliphatic rings. The minimum Gasteiger partial charge on any atom is -0.465 e. The van der Waals surface area contributed by atoms with E-state index in [-0.39, 0.29) is 24.3 Å². The van der Waals surface area contributed by atoms with E-state index >= 15 is 0 Å². The van der Waals surface area contributed by atoms with Crippen molar-refractivity contribution in [3.05, 3.63) is 107 Å². The number of aliphatic hydroxyl groups excluding tert-OH is 2. The molecule has 3 atom stereocenters. The Labute approximate surface area is 197 Å². The summed E-state index contributed by atoms with van der Waals surface area (Å²) in [5, 5.41) is 21.0. The Balaban J connectivity index is 1.71. The Kier molecular flexibility index (Phi) is 9.30. The topological polar surface area (TPSA) is 112 Å². The van der Waals surface area contributed by atoms with Crippen LogP contribution in [0.3, 0.4) is 0 Å². The van der Waals surface area contributed by atoms with Gasteiger partial charge in [0.1, 0.15) is 12.7 Å². The summed E-state index contributed by atoms with van der Waals surface area (Å²) in [7, 11) is 1.23. The van der Waals surface area contributed by atoms with Crippen LogP contribution in [0.2, 0.25) is 0 Å². The molecule has 178 valence electrons. The van der Waals surface area contributed by atoms with Crippen molar-refractivity contribution in [1.82, 2.24) is 0 Å². The maximum Gasteiger partial charge on any atom is 0.338 e. The van der Waals surface area contributed by atoms with Gasteiger partial charge >= 0.3 is 11.9 Å². The summed E-state index contributed by atoms with van der Waals surface area (Å²) in [4.78, 5) is 24.4. The van der Waals surface area contributed by atoms with E-state index in [1.165, 1.54) is 19.2 Å². The fourth-order valence-electron chi connectivity index (χ4n) is 3.13. The third-order valence-corrected chi connectivity index (χ3v) is 4.89. The van der Waals surface area contributed by atoms with Crippen LogP contribution in [0.4, 0.5) is 0 Å². The lowest BCUT2D eigenvalue weighted by Gasteiger charge is -2.24. The van der Waals surface area contributed by atoms with Crippen LogP contribution in [0, 0.1) is 0 Å². The number of methoxy groups -OCH3 is 1. The average Bonchev–Trinajstić information content (AvgIpc) is 2.90. The van der Waals surface area contributed by atoms with Crippen LogP contribution < -0.4 is 0 Å². The molecule has 3 aromatic rings. The van der Waals surface area contributed by atoms with Crippen LogP contribution in [0.1, 0.15) is 44.4 Å². The van der Waals surface area contributed by atoms with Gasteiger partial charge in [0.15, 0.2) is 12.6 Å². The Morgan fingerprint density at radius 3 is 2.06 bits per heavy atom. The quantitative estimate of drug-likeness (QED) is 0.327. The summed E-state index contributed by atoms with van der Waals surface area (Å²) < 4.78 is 21.3. The van der Waals surface area contributed by atoms with Crippen molar-refractivity contribution in [2.75, 3.05) is 20.3 Å². The van der Waals surface area contributed by atoms with E-state index in [4.69, 9.17) is 18.9 Å². The van der Waals surface area contributed by atoms with Crippen molar-refractivity contribution in [2.45, 2.75) is 18.7 Å². The van der Waals surface area contributed by atoms with E-state index in [1.807, 2.05) is 0 Å². The summed E-state index contributed by atoms with van der Waals surface area (Å²) in [5.74, 6) is -1.22. The van der Waals surface area contributed by atoms with Crippen molar-refractivity contribution < 1.29 is 38.7 Å². The Morgan fingerprint density at radius 2 is 1.38 bits per heavy atom. The standard InChI is InChI=1S/C26H26O8/c1-31-25(29)21-14-8-9-15-22(21)26(30)34-20(16-32-23(27)18-10-4-2-5-11-18)17-33-24(28)19-12-6-3-7-13-19/h2-15,20,23,26-27,30H,16-17H2,1H3. The van der Waals surface area contributed by atoms with E-state index in [2.05, 4.69) is 0 Å². The number of hydrogen-bond donors (Lipinski definition) is 2. The molecule has 0 aromatic heterocycles. The van der Waals surface area contributed by atoms with Crippen molar-refractivity contribution in [1.29, 1.82) is 0 Å². The normalized spacial score (nSPS) is 13.5. The molecule has 3 unspecified atom stereocenters. The number of rotatable bonds is 11. The maximum absolute atomic E-state index is 12.4. The van der Waals surface area contributed by atoms with Crippen LogP contribution in [-0.4, -0.2) is 48.6 Å². The molecule has 0 saturated heterocycles. The molecule has 0 heterocycles. The number of carbonyl (C=O) groups is 2. The van der Waals surface area contributed by atoms with E-state index in [1.54, 1.807) is 72.8 Å². The maximum atomic E-state index is 12.4. The van der Waals surface area contributed by atoms with E-state index in [0.717, 1.165) is 0 Å². The molecule has 8 heteroatoms. The predicted octanol–water partition coefficient (Wildman–Crippen LogP) is 3.41. The van der Waals surface area contributed by atoms with Crippen molar-refractivity contribution >= 4 is 11.9 Å². The number of esters is 2. The van der Waals surface area contributed by atoms with Crippen LogP contribution in [0.15, 0.2) is 84.9 Å². The lowest BCUT2D eigenvalue weighted by Crippen LogP contribution is -2.30. The number of aliphatic hydroxyl groups is 2. The van der Waals surface area contributed by atoms with E-state index in [9.17, 15) is 19.8 Å². The molecular weight excluding hydrogens is 440 g/mol. The molecule has 2 N–H and O–H groups in total. The lowest BCUT2D eigenvalue weighted by molar-refractivity contribution is -0.193. The van der Waals surface area contributed by atoms with Gasteiger partial charge in [0, 0.05) is 11.1 Å². The molecule has 0 amide bonds. The number of hydrogen-bond acceptors (Lipinski definition) is 8. The van der Waals surface area contributed by atoms with Crippen LogP contribution in [0.5, 0.6) is 0 Å². The number of carbonyl (C=O) groups excluding carboxylic acids is 2. The van der Waals surface area contributed by atoms with Gasteiger partial charge in [-0.25, -0.2) is 9.59 Å². The van der Waals surface area contributed by atoms with Crippen molar-refractivity contribution in [3.8, 4) is 0 Å². The molecule has 0 radical (unpaired) electrons. The third kappa shape index (κ3) is 6.97. The molecule has 0 fully saturated rings. The monoisotopic (exact) mass is 466 g/mol. The molecule has 0 spiro atoms. The molecule has 0 saturated carbocycles. The second kappa shape index (κ2) is 12.6.